The van der Waals surface area contributed by atoms with Gasteiger partial charge in [0.1, 0.15) is 0 Å². The standard InChI is InChI=1S/C15H11ClN4O2/c16-12-5-3-11(4-6-12)13-19-15(22-20-13)14(21)18-9-10-2-1-7-17-8-10/h1-8H,9H2,(H,18,21). The Morgan fingerprint density at radius 3 is 2.77 bits per heavy atom. The van der Waals surface area contributed by atoms with Gasteiger partial charge in [-0.25, -0.2) is 0 Å². The Labute approximate surface area is 131 Å². The maximum Gasteiger partial charge on any atom is 0.316 e. The second kappa shape index (κ2) is 6.36. The number of nitrogens with zero attached hydrogens (tertiary/aromatic N) is 3. The normalized spacial score (nSPS) is 10.4. The lowest BCUT2D eigenvalue weighted by Gasteiger charge is -2.00. The van der Waals surface area contributed by atoms with Gasteiger partial charge in [-0.2, -0.15) is 4.98 Å². The Morgan fingerprint density at radius 1 is 1.23 bits per heavy atom. The van der Waals surface area contributed by atoms with Gasteiger partial charge in [0.25, 0.3) is 0 Å². The van der Waals surface area contributed by atoms with Crippen LogP contribution in [0.4, 0.5) is 0 Å². The molecule has 0 saturated carbocycles. The number of carbonyl (C=O) groups is 1. The van der Waals surface area contributed by atoms with Gasteiger partial charge in [0.05, 0.1) is 0 Å². The first-order valence-electron chi connectivity index (χ1n) is 6.49. The van der Waals surface area contributed by atoms with Gasteiger partial charge in [-0.3, -0.25) is 9.78 Å². The lowest BCUT2D eigenvalue weighted by Crippen LogP contribution is -2.23. The number of carbonyl (C=O) groups excluding carboxylic acids is 1. The number of hydrogen-bond acceptors (Lipinski definition) is 5. The molecule has 0 bridgehead atoms. The van der Waals surface area contributed by atoms with E-state index in [1.54, 1.807) is 42.7 Å². The summed E-state index contributed by atoms with van der Waals surface area (Å²) in [5, 5.41) is 7.10. The number of benzene rings is 1. The molecule has 22 heavy (non-hydrogen) atoms. The van der Waals surface area contributed by atoms with Crippen molar-refractivity contribution in [1.82, 2.24) is 20.4 Å². The molecule has 0 spiro atoms. The Morgan fingerprint density at radius 2 is 2.05 bits per heavy atom. The van der Waals surface area contributed by atoms with Crippen molar-refractivity contribution in [1.29, 1.82) is 0 Å². The molecule has 1 aromatic carbocycles. The zero-order valence-corrected chi connectivity index (χ0v) is 12.1. The summed E-state index contributed by atoms with van der Waals surface area (Å²) < 4.78 is 4.98. The molecule has 6 nitrogen and oxygen atoms in total. The molecule has 0 unspecified atom stereocenters. The van der Waals surface area contributed by atoms with Crippen LogP contribution in [0, 0.1) is 0 Å². The molecule has 0 aliphatic heterocycles. The molecule has 0 fully saturated rings. The predicted molar refractivity (Wildman–Crippen MR) is 80.2 cm³/mol. The number of hydrogen-bond donors (Lipinski definition) is 1. The Balaban J connectivity index is 1.68. The number of aromatic nitrogens is 3. The van der Waals surface area contributed by atoms with Gasteiger partial charge < -0.3 is 9.84 Å². The summed E-state index contributed by atoms with van der Waals surface area (Å²) in [6.45, 7) is 0.339. The minimum absolute atomic E-state index is 0.0890. The van der Waals surface area contributed by atoms with Crippen LogP contribution in [0.5, 0.6) is 0 Å². The molecule has 110 valence electrons. The van der Waals surface area contributed by atoms with E-state index in [4.69, 9.17) is 16.1 Å². The van der Waals surface area contributed by atoms with Crippen LogP contribution in [0.25, 0.3) is 11.4 Å². The quantitative estimate of drug-likeness (QED) is 0.800. The molecule has 1 N–H and O–H groups in total. The molecule has 0 atom stereocenters. The highest BCUT2D eigenvalue weighted by Gasteiger charge is 2.15. The lowest BCUT2D eigenvalue weighted by molar-refractivity contribution is 0.0907. The average Bonchev–Trinajstić information content (AvgIpc) is 3.04. The zero-order chi connectivity index (χ0) is 15.4. The Bertz CT molecular complexity index is 772. The Hall–Kier alpha value is -2.73. The van der Waals surface area contributed by atoms with Crippen molar-refractivity contribution >= 4 is 17.5 Å². The second-order valence-corrected chi connectivity index (χ2v) is 4.91. The number of pyridine rings is 1. The summed E-state index contributed by atoms with van der Waals surface area (Å²) >= 11 is 5.82. The molecule has 3 rings (SSSR count). The monoisotopic (exact) mass is 314 g/mol. The van der Waals surface area contributed by atoms with E-state index in [2.05, 4.69) is 20.4 Å². The SMILES string of the molecule is O=C(NCc1cccnc1)c1nc(-c2ccc(Cl)cc2)no1. The highest BCUT2D eigenvalue weighted by atomic mass is 35.5. The topological polar surface area (TPSA) is 80.9 Å². The van der Waals surface area contributed by atoms with Crippen molar-refractivity contribution in [3.63, 3.8) is 0 Å². The predicted octanol–water partition coefficient (Wildman–Crippen LogP) is 2.72. The van der Waals surface area contributed by atoms with Crippen LogP contribution in [0.1, 0.15) is 16.2 Å². The summed E-state index contributed by atoms with van der Waals surface area (Å²) in [7, 11) is 0. The molecular formula is C15H11ClN4O2. The summed E-state index contributed by atoms with van der Waals surface area (Å²) in [6.07, 6.45) is 3.34. The van der Waals surface area contributed by atoms with Crippen LogP contribution in [0.2, 0.25) is 5.02 Å². The molecule has 2 heterocycles. The minimum Gasteiger partial charge on any atom is -0.344 e. The fourth-order valence-corrected chi connectivity index (χ4v) is 1.92. The van der Waals surface area contributed by atoms with E-state index < -0.39 is 5.91 Å². The van der Waals surface area contributed by atoms with Crippen molar-refractivity contribution in [3.8, 4) is 11.4 Å². The van der Waals surface area contributed by atoms with Gasteiger partial charge in [-0.05, 0) is 35.9 Å². The van der Waals surface area contributed by atoms with Crippen LogP contribution in [-0.4, -0.2) is 21.0 Å². The first-order valence-corrected chi connectivity index (χ1v) is 6.87. The van der Waals surface area contributed by atoms with Gasteiger partial charge in [0, 0.05) is 29.5 Å². The fraction of sp³-hybridized carbons (Fsp3) is 0.0667. The molecule has 3 aromatic rings. The third-order valence-electron chi connectivity index (χ3n) is 2.90. The molecule has 7 heteroatoms. The highest BCUT2D eigenvalue weighted by Crippen LogP contribution is 2.18. The molecule has 0 aliphatic rings. The van der Waals surface area contributed by atoms with Crippen LogP contribution < -0.4 is 5.32 Å². The van der Waals surface area contributed by atoms with Crippen molar-refractivity contribution in [2.75, 3.05) is 0 Å². The fourth-order valence-electron chi connectivity index (χ4n) is 1.79. The molecule has 0 radical (unpaired) electrons. The van der Waals surface area contributed by atoms with E-state index in [-0.39, 0.29) is 5.89 Å². The van der Waals surface area contributed by atoms with E-state index in [0.717, 1.165) is 11.1 Å². The zero-order valence-electron chi connectivity index (χ0n) is 11.4. The summed E-state index contributed by atoms with van der Waals surface area (Å²) in [5.41, 5.74) is 1.60. The summed E-state index contributed by atoms with van der Waals surface area (Å²) in [6, 6.07) is 10.6. The number of nitrogens with one attached hydrogen (secondary N) is 1. The molecule has 0 saturated heterocycles. The van der Waals surface area contributed by atoms with Gasteiger partial charge in [0.15, 0.2) is 0 Å². The van der Waals surface area contributed by atoms with Gasteiger partial charge in [-0.15, -0.1) is 0 Å². The maximum atomic E-state index is 12.0. The van der Waals surface area contributed by atoms with E-state index in [1.807, 2.05) is 6.07 Å². The number of amides is 1. The van der Waals surface area contributed by atoms with Gasteiger partial charge in [0.2, 0.25) is 5.82 Å². The van der Waals surface area contributed by atoms with Crippen LogP contribution in [0.3, 0.4) is 0 Å². The number of rotatable bonds is 4. The van der Waals surface area contributed by atoms with Crippen molar-refractivity contribution in [2.45, 2.75) is 6.54 Å². The largest absolute Gasteiger partial charge is 0.344 e. The number of halogens is 1. The van der Waals surface area contributed by atoms with Crippen molar-refractivity contribution in [2.24, 2.45) is 0 Å². The van der Waals surface area contributed by atoms with Crippen molar-refractivity contribution < 1.29 is 9.32 Å². The van der Waals surface area contributed by atoms with E-state index in [9.17, 15) is 4.79 Å². The molecule has 2 aromatic heterocycles. The van der Waals surface area contributed by atoms with Crippen LogP contribution >= 0.6 is 11.6 Å². The molecular weight excluding hydrogens is 304 g/mol. The van der Waals surface area contributed by atoms with E-state index in [1.165, 1.54) is 0 Å². The first kappa shape index (κ1) is 14.2. The van der Waals surface area contributed by atoms with Crippen molar-refractivity contribution in [3.05, 3.63) is 65.3 Å². The third kappa shape index (κ3) is 3.29. The molecule has 1 amide bonds. The lowest BCUT2D eigenvalue weighted by atomic mass is 10.2. The summed E-state index contributed by atoms with van der Waals surface area (Å²) in [4.78, 5) is 20.0. The second-order valence-electron chi connectivity index (χ2n) is 4.47. The Kier molecular flexibility index (Phi) is 4.11. The highest BCUT2D eigenvalue weighted by molar-refractivity contribution is 6.30. The third-order valence-corrected chi connectivity index (χ3v) is 3.15. The molecule has 0 aliphatic carbocycles. The summed E-state index contributed by atoms with van der Waals surface area (Å²) in [5.74, 6) is -0.186. The van der Waals surface area contributed by atoms with Gasteiger partial charge >= 0.3 is 11.8 Å². The van der Waals surface area contributed by atoms with Gasteiger partial charge in [-0.1, -0.05) is 22.8 Å². The smallest absolute Gasteiger partial charge is 0.316 e. The minimum atomic E-state index is -0.434. The van der Waals surface area contributed by atoms with Crippen LogP contribution in [0.15, 0.2) is 53.3 Å². The first-order chi connectivity index (χ1) is 10.7. The van der Waals surface area contributed by atoms with E-state index >= 15 is 0 Å². The van der Waals surface area contributed by atoms with Crippen LogP contribution in [-0.2, 0) is 6.54 Å². The maximum absolute atomic E-state index is 12.0. The average molecular weight is 315 g/mol. The van der Waals surface area contributed by atoms with E-state index in [0.29, 0.717) is 17.4 Å².